The first-order chi connectivity index (χ1) is 14.4. The van der Waals surface area contributed by atoms with Crippen molar-refractivity contribution in [1.82, 2.24) is 19.2 Å². The smallest absolute Gasteiger partial charge is 0.270 e. The van der Waals surface area contributed by atoms with Crippen molar-refractivity contribution in [3.63, 3.8) is 0 Å². The minimum Gasteiger partial charge on any atom is -0.338 e. The summed E-state index contributed by atoms with van der Waals surface area (Å²) in [6.07, 6.45) is 3.88. The quantitative estimate of drug-likeness (QED) is 0.479. The van der Waals surface area contributed by atoms with Gasteiger partial charge in [-0.15, -0.1) is 0 Å². The standard InChI is InChI=1S/C18H20N6O5S/c25-17-15-13-14(24(26)27)3-4-16(15)30(28,29)23(17)8-2-7-21-9-11-22(12-10-21)18-19-5-1-6-20-18/h1,3-6,13H,2,7-12H2. The van der Waals surface area contributed by atoms with Crippen molar-refractivity contribution < 1.29 is 18.1 Å². The monoisotopic (exact) mass is 432 g/mol. The second-order valence-corrected chi connectivity index (χ2v) is 8.88. The second kappa shape index (κ2) is 7.95. The third kappa shape index (κ3) is 3.71. The Morgan fingerprint density at radius 2 is 1.77 bits per heavy atom. The average Bonchev–Trinajstić information content (AvgIpc) is 2.95. The highest BCUT2D eigenvalue weighted by molar-refractivity contribution is 7.90. The zero-order chi connectivity index (χ0) is 21.3. The fraction of sp³-hybridized carbons (Fsp3) is 0.389. The summed E-state index contributed by atoms with van der Waals surface area (Å²) in [5.41, 5.74) is -0.444. The number of benzene rings is 1. The Hall–Kier alpha value is -3.12. The molecule has 30 heavy (non-hydrogen) atoms. The molecule has 11 nitrogen and oxygen atoms in total. The summed E-state index contributed by atoms with van der Waals surface area (Å²) >= 11 is 0. The summed E-state index contributed by atoms with van der Waals surface area (Å²) in [4.78, 5) is 35.4. The van der Waals surface area contributed by atoms with Crippen molar-refractivity contribution in [2.75, 3.05) is 44.2 Å². The largest absolute Gasteiger partial charge is 0.338 e. The number of carbonyl (C=O) groups is 1. The normalized spacial score (nSPS) is 18.5. The maximum absolute atomic E-state index is 12.7. The lowest BCUT2D eigenvalue weighted by Crippen LogP contribution is -2.47. The van der Waals surface area contributed by atoms with E-state index >= 15 is 0 Å². The number of nitrogens with zero attached hydrogens (tertiary/aromatic N) is 6. The molecule has 0 saturated carbocycles. The van der Waals surface area contributed by atoms with Crippen LogP contribution in [0.5, 0.6) is 0 Å². The lowest BCUT2D eigenvalue weighted by Gasteiger charge is -2.34. The van der Waals surface area contributed by atoms with Crippen LogP contribution in [-0.2, 0) is 10.0 Å². The number of sulfonamides is 1. The van der Waals surface area contributed by atoms with Gasteiger partial charge in [-0.25, -0.2) is 22.7 Å². The number of piperazine rings is 1. The molecule has 1 aromatic carbocycles. The third-order valence-electron chi connectivity index (χ3n) is 5.24. The highest BCUT2D eigenvalue weighted by Crippen LogP contribution is 2.32. The van der Waals surface area contributed by atoms with Gasteiger partial charge in [-0.05, 0) is 18.6 Å². The van der Waals surface area contributed by atoms with Crippen LogP contribution >= 0.6 is 0 Å². The van der Waals surface area contributed by atoms with Crippen molar-refractivity contribution >= 4 is 27.6 Å². The Labute approximate surface area is 173 Å². The first-order valence-electron chi connectivity index (χ1n) is 9.48. The molecule has 1 fully saturated rings. The van der Waals surface area contributed by atoms with Crippen LogP contribution < -0.4 is 4.90 Å². The van der Waals surface area contributed by atoms with Gasteiger partial charge in [0.1, 0.15) is 4.90 Å². The summed E-state index contributed by atoms with van der Waals surface area (Å²) in [6, 6.07) is 5.03. The summed E-state index contributed by atoms with van der Waals surface area (Å²) in [5.74, 6) is -0.0162. The summed E-state index contributed by atoms with van der Waals surface area (Å²) in [7, 11) is -3.97. The molecule has 158 valence electrons. The van der Waals surface area contributed by atoms with Crippen LogP contribution in [0.2, 0.25) is 0 Å². The van der Waals surface area contributed by atoms with E-state index < -0.39 is 20.9 Å². The van der Waals surface area contributed by atoms with Crippen LogP contribution in [0.15, 0.2) is 41.6 Å². The van der Waals surface area contributed by atoms with Gasteiger partial charge in [0.2, 0.25) is 5.95 Å². The van der Waals surface area contributed by atoms with E-state index in [-0.39, 0.29) is 22.7 Å². The molecule has 0 bridgehead atoms. The molecule has 0 atom stereocenters. The summed E-state index contributed by atoms with van der Waals surface area (Å²) < 4.78 is 26.1. The SMILES string of the molecule is O=C1c2cc([N+](=O)[O-])ccc2S(=O)(=O)N1CCCN1CCN(c2ncccn2)CC1. The molecule has 2 aliphatic heterocycles. The molecule has 2 aromatic rings. The topological polar surface area (TPSA) is 130 Å². The van der Waals surface area contributed by atoms with Crippen LogP contribution in [0.1, 0.15) is 16.8 Å². The minimum atomic E-state index is -3.97. The van der Waals surface area contributed by atoms with Gasteiger partial charge in [-0.1, -0.05) is 0 Å². The van der Waals surface area contributed by atoms with Gasteiger partial charge < -0.3 is 4.90 Å². The molecular weight excluding hydrogens is 412 g/mol. The van der Waals surface area contributed by atoms with E-state index in [1.807, 2.05) is 0 Å². The van der Waals surface area contributed by atoms with Crippen LogP contribution in [-0.4, -0.2) is 77.7 Å². The van der Waals surface area contributed by atoms with E-state index in [1.54, 1.807) is 18.5 Å². The molecule has 4 rings (SSSR count). The Morgan fingerprint density at radius 1 is 1.07 bits per heavy atom. The van der Waals surface area contributed by atoms with E-state index in [1.165, 1.54) is 0 Å². The number of carbonyl (C=O) groups excluding carboxylic acids is 1. The summed E-state index contributed by atoms with van der Waals surface area (Å²) in [6.45, 7) is 3.77. The number of aromatic nitrogens is 2. The molecule has 12 heteroatoms. The van der Waals surface area contributed by atoms with Crippen LogP contribution in [0.3, 0.4) is 0 Å². The molecule has 1 aromatic heterocycles. The van der Waals surface area contributed by atoms with E-state index in [2.05, 4.69) is 19.8 Å². The van der Waals surface area contributed by atoms with Gasteiger partial charge in [0.25, 0.3) is 21.6 Å². The maximum Gasteiger partial charge on any atom is 0.270 e. The van der Waals surface area contributed by atoms with Gasteiger partial charge in [-0.3, -0.25) is 19.8 Å². The van der Waals surface area contributed by atoms with Crippen molar-refractivity contribution in [2.45, 2.75) is 11.3 Å². The number of amides is 1. The Bertz CT molecular complexity index is 1070. The first kappa shape index (κ1) is 20.2. The molecule has 3 heterocycles. The molecule has 0 N–H and O–H groups in total. The highest BCUT2D eigenvalue weighted by Gasteiger charge is 2.41. The molecule has 1 amide bonds. The van der Waals surface area contributed by atoms with Crippen LogP contribution in [0.4, 0.5) is 11.6 Å². The molecule has 2 aliphatic rings. The lowest BCUT2D eigenvalue weighted by molar-refractivity contribution is -0.384. The minimum absolute atomic E-state index is 0.0334. The number of nitro benzene ring substituents is 1. The number of anilines is 1. The van der Waals surface area contributed by atoms with Gasteiger partial charge in [-0.2, -0.15) is 0 Å². The van der Waals surface area contributed by atoms with Crippen molar-refractivity contribution in [2.24, 2.45) is 0 Å². The predicted octanol–water partition coefficient (Wildman–Crippen LogP) is 0.742. The van der Waals surface area contributed by atoms with E-state index in [9.17, 15) is 23.3 Å². The maximum atomic E-state index is 12.7. The second-order valence-electron chi connectivity index (χ2n) is 7.05. The van der Waals surface area contributed by atoms with Crippen LogP contribution in [0, 0.1) is 10.1 Å². The van der Waals surface area contributed by atoms with Gasteiger partial charge in [0, 0.05) is 63.8 Å². The Morgan fingerprint density at radius 3 is 2.43 bits per heavy atom. The average molecular weight is 432 g/mol. The summed E-state index contributed by atoms with van der Waals surface area (Å²) in [5, 5.41) is 10.9. The Kier molecular flexibility index (Phi) is 5.35. The first-order valence-corrected chi connectivity index (χ1v) is 10.9. The zero-order valence-corrected chi connectivity index (χ0v) is 16.9. The van der Waals surface area contributed by atoms with Gasteiger partial charge in [0.15, 0.2) is 0 Å². The lowest BCUT2D eigenvalue weighted by atomic mass is 10.2. The van der Waals surface area contributed by atoms with E-state index in [0.717, 1.165) is 48.7 Å². The predicted molar refractivity (Wildman–Crippen MR) is 107 cm³/mol. The number of hydrogen-bond acceptors (Lipinski definition) is 9. The van der Waals surface area contributed by atoms with E-state index in [0.29, 0.717) is 18.9 Å². The third-order valence-corrected chi connectivity index (χ3v) is 7.08. The van der Waals surface area contributed by atoms with E-state index in [4.69, 9.17) is 0 Å². The van der Waals surface area contributed by atoms with Crippen molar-refractivity contribution in [3.8, 4) is 0 Å². The van der Waals surface area contributed by atoms with Crippen molar-refractivity contribution in [1.29, 1.82) is 0 Å². The Balaban J connectivity index is 1.33. The molecule has 1 saturated heterocycles. The highest BCUT2D eigenvalue weighted by atomic mass is 32.2. The number of rotatable bonds is 6. The fourth-order valence-corrected chi connectivity index (χ4v) is 5.26. The number of nitro groups is 1. The number of hydrogen-bond donors (Lipinski definition) is 0. The van der Waals surface area contributed by atoms with Crippen molar-refractivity contribution in [3.05, 3.63) is 52.3 Å². The molecule has 0 spiro atoms. The van der Waals surface area contributed by atoms with Gasteiger partial charge in [0.05, 0.1) is 10.5 Å². The molecule has 0 aliphatic carbocycles. The molecular formula is C18H20N6O5S. The zero-order valence-electron chi connectivity index (χ0n) is 16.0. The molecule has 0 radical (unpaired) electrons. The van der Waals surface area contributed by atoms with Crippen LogP contribution in [0.25, 0.3) is 0 Å². The van der Waals surface area contributed by atoms with Gasteiger partial charge >= 0.3 is 0 Å². The number of fused-ring (bicyclic) bond motifs is 1. The molecule has 0 unspecified atom stereocenters. The number of non-ortho nitro benzene ring substituents is 1. The fourth-order valence-electron chi connectivity index (χ4n) is 3.67.